The molecule has 0 radical (unpaired) electrons. The van der Waals surface area contributed by atoms with Crippen molar-refractivity contribution in [1.29, 1.82) is 0 Å². The molecule has 120 valence electrons. The quantitative estimate of drug-likeness (QED) is 0.896. The summed E-state index contributed by atoms with van der Waals surface area (Å²) >= 11 is 0. The molecule has 0 bridgehead atoms. The van der Waals surface area contributed by atoms with Gasteiger partial charge >= 0.3 is 6.03 Å². The Hall–Kier alpha value is -1.56. The molecule has 1 saturated heterocycles. The summed E-state index contributed by atoms with van der Waals surface area (Å²) in [6.07, 6.45) is 5.08. The third kappa shape index (κ3) is 1.89. The standard InChI is InChI=1S/C16H23N3O3/c1-9-12(10(2)22-19-9)8-17-15(20)18-13-11-4-7-21-14(11)16(13)5-3-6-16/h11,13-14H,3-8H2,1-2H3,(H2,17,18,20)/t11-,13+,14-/m0/s1. The number of hydrogen-bond donors (Lipinski definition) is 2. The predicted molar refractivity (Wildman–Crippen MR) is 79.3 cm³/mol. The maximum absolute atomic E-state index is 12.3. The van der Waals surface area contributed by atoms with Gasteiger partial charge in [0.05, 0.1) is 11.8 Å². The molecule has 2 amide bonds. The molecular formula is C16H23N3O3. The summed E-state index contributed by atoms with van der Waals surface area (Å²) in [5.74, 6) is 1.27. The molecule has 2 aliphatic carbocycles. The lowest BCUT2D eigenvalue weighted by Gasteiger charge is -2.63. The first-order valence-corrected chi connectivity index (χ1v) is 8.19. The molecule has 4 rings (SSSR count). The number of fused-ring (bicyclic) bond motifs is 2. The Balaban J connectivity index is 1.36. The Morgan fingerprint density at radius 2 is 2.23 bits per heavy atom. The SMILES string of the molecule is Cc1noc(C)c1CNC(=O)N[C@@H]1[C@@H]2CCO[C@@H]2C12CCC2. The van der Waals surface area contributed by atoms with Gasteiger partial charge in [0.15, 0.2) is 0 Å². The van der Waals surface area contributed by atoms with Crippen LogP contribution in [0.5, 0.6) is 0 Å². The maximum Gasteiger partial charge on any atom is 0.315 e. The van der Waals surface area contributed by atoms with Gasteiger partial charge < -0.3 is 19.9 Å². The van der Waals surface area contributed by atoms with Gasteiger partial charge in [0.25, 0.3) is 0 Å². The average Bonchev–Trinajstić information content (AvgIpc) is 2.99. The van der Waals surface area contributed by atoms with Gasteiger partial charge in [0, 0.05) is 36.1 Å². The van der Waals surface area contributed by atoms with Crippen LogP contribution in [0.15, 0.2) is 4.52 Å². The van der Waals surface area contributed by atoms with Crippen molar-refractivity contribution >= 4 is 6.03 Å². The van der Waals surface area contributed by atoms with E-state index in [1.165, 1.54) is 19.3 Å². The van der Waals surface area contributed by atoms with Crippen LogP contribution in [-0.4, -0.2) is 29.9 Å². The molecule has 1 spiro atoms. The highest BCUT2D eigenvalue weighted by Crippen LogP contribution is 2.62. The van der Waals surface area contributed by atoms with Gasteiger partial charge in [-0.15, -0.1) is 0 Å². The minimum Gasteiger partial charge on any atom is -0.377 e. The van der Waals surface area contributed by atoms with E-state index in [0.717, 1.165) is 30.0 Å². The summed E-state index contributed by atoms with van der Waals surface area (Å²) < 4.78 is 11.0. The summed E-state index contributed by atoms with van der Waals surface area (Å²) in [6, 6.07) is 0.181. The van der Waals surface area contributed by atoms with Gasteiger partial charge in [0.2, 0.25) is 0 Å². The zero-order chi connectivity index (χ0) is 15.3. The van der Waals surface area contributed by atoms with E-state index in [1.54, 1.807) is 0 Å². The van der Waals surface area contributed by atoms with Gasteiger partial charge in [-0.3, -0.25) is 0 Å². The van der Waals surface area contributed by atoms with E-state index >= 15 is 0 Å². The minimum atomic E-state index is -0.0957. The van der Waals surface area contributed by atoms with E-state index in [1.807, 2.05) is 13.8 Å². The lowest BCUT2D eigenvalue weighted by molar-refractivity contribution is -0.172. The number of urea groups is 1. The molecule has 2 heterocycles. The van der Waals surface area contributed by atoms with Gasteiger partial charge in [-0.2, -0.15) is 0 Å². The lowest BCUT2D eigenvalue weighted by atomic mass is 9.46. The Labute approximate surface area is 129 Å². The number of nitrogens with zero attached hydrogens (tertiary/aromatic N) is 1. The molecule has 22 heavy (non-hydrogen) atoms. The molecule has 0 aromatic carbocycles. The van der Waals surface area contributed by atoms with E-state index < -0.39 is 0 Å². The second-order valence-corrected chi connectivity index (χ2v) is 6.94. The highest BCUT2D eigenvalue weighted by Gasteiger charge is 2.66. The van der Waals surface area contributed by atoms with E-state index in [2.05, 4.69) is 15.8 Å². The molecule has 2 N–H and O–H groups in total. The van der Waals surface area contributed by atoms with Crippen molar-refractivity contribution in [2.45, 2.75) is 58.2 Å². The molecule has 3 atom stereocenters. The first kappa shape index (κ1) is 14.1. The normalized spacial score (nSPS) is 31.3. The molecule has 6 heteroatoms. The van der Waals surface area contributed by atoms with Crippen molar-refractivity contribution in [2.75, 3.05) is 6.61 Å². The number of carbonyl (C=O) groups excluding carboxylic acids is 1. The molecule has 1 aromatic rings. The summed E-state index contributed by atoms with van der Waals surface area (Å²) in [6.45, 7) is 5.05. The Morgan fingerprint density at radius 1 is 1.41 bits per heavy atom. The van der Waals surface area contributed by atoms with Crippen LogP contribution in [0.2, 0.25) is 0 Å². The second-order valence-electron chi connectivity index (χ2n) is 6.94. The highest BCUT2D eigenvalue weighted by molar-refractivity contribution is 5.74. The third-order valence-corrected chi connectivity index (χ3v) is 5.93. The fourth-order valence-corrected chi connectivity index (χ4v) is 4.57. The molecule has 2 saturated carbocycles. The van der Waals surface area contributed by atoms with Crippen LogP contribution >= 0.6 is 0 Å². The smallest absolute Gasteiger partial charge is 0.315 e. The van der Waals surface area contributed by atoms with Crippen molar-refractivity contribution in [3.63, 3.8) is 0 Å². The molecule has 1 aliphatic heterocycles. The summed E-state index contributed by atoms with van der Waals surface area (Å²) in [5, 5.41) is 10.0. The monoisotopic (exact) mass is 305 g/mol. The van der Waals surface area contributed by atoms with Crippen LogP contribution < -0.4 is 10.6 Å². The Bertz CT molecular complexity index is 574. The molecular weight excluding hydrogens is 282 g/mol. The molecule has 1 aromatic heterocycles. The largest absolute Gasteiger partial charge is 0.377 e. The van der Waals surface area contributed by atoms with Crippen LogP contribution in [0.25, 0.3) is 0 Å². The highest BCUT2D eigenvalue weighted by atomic mass is 16.5. The lowest BCUT2D eigenvalue weighted by Crippen LogP contribution is -2.72. The van der Waals surface area contributed by atoms with E-state index in [9.17, 15) is 4.79 Å². The van der Waals surface area contributed by atoms with Crippen LogP contribution in [-0.2, 0) is 11.3 Å². The number of aromatic nitrogens is 1. The van der Waals surface area contributed by atoms with E-state index in [4.69, 9.17) is 9.26 Å². The average molecular weight is 305 g/mol. The first-order chi connectivity index (χ1) is 10.6. The van der Waals surface area contributed by atoms with Gasteiger partial charge in [-0.25, -0.2) is 4.79 Å². The minimum absolute atomic E-state index is 0.0957. The number of hydrogen-bond acceptors (Lipinski definition) is 4. The fraction of sp³-hybridized carbons (Fsp3) is 0.750. The molecule has 3 fully saturated rings. The molecule has 0 unspecified atom stereocenters. The number of rotatable bonds is 3. The van der Waals surface area contributed by atoms with Crippen molar-refractivity contribution < 1.29 is 14.1 Å². The summed E-state index contributed by atoms with van der Waals surface area (Å²) in [5.41, 5.74) is 2.02. The zero-order valence-corrected chi connectivity index (χ0v) is 13.1. The van der Waals surface area contributed by atoms with Crippen LogP contribution in [0.4, 0.5) is 4.79 Å². The summed E-state index contributed by atoms with van der Waals surface area (Å²) in [7, 11) is 0. The predicted octanol–water partition coefficient (Wildman–Crippen LogP) is 2.05. The van der Waals surface area contributed by atoms with Crippen molar-refractivity contribution in [3.05, 3.63) is 17.0 Å². The van der Waals surface area contributed by atoms with Crippen LogP contribution in [0, 0.1) is 25.2 Å². The molecule has 6 nitrogen and oxygen atoms in total. The number of nitrogens with one attached hydrogen (secondary N) is 2. The summed E-state index contributed by atoms with van der Waals surface area (Å²) in [4.78, 5) is 12.3. The van der Waals surface area contributed by atoms with Crippen molar-refractivity contribution in [1.82, 2.24) is 15.8 Å². The van der Waals surface area contributed by atoms with Crippen LogP contribution in [0.1, 0.15) is 42.7 Å². The Kier molecular flexibility index (Phi) is 3.18. The number of ether oxygens (including phenoxy) is 1. The van der Waals surface area contributed by atoms with Crippen molar-refractivity contribution in [3.8, 4) is 0 Å². The van der Waals surface area contributed by atoms with Gasteiger partial charge in [0.1, 0.15) is 5.76 Å². The van der Waals surface area contributed by atoms with Gasteiger partial charge in [-0.1, -0.05) is 11.6 Å². The topological polar surface area (TPSA) is 76.4 Å². The van der Waals surface area contributed by atoms with E-state index in [-0.39, 0.29) is 17.5 Å². The first-order valence-electron chi connectivity index (χ1n) is 8.19. The number of amides is 2. The molecule has 3 aliphatic rings. The van der Waals surface area contributed by atoms with Crippen LogP contribution in [0.3, 0.4) is 0 Å². The van der Waals surface area contributed by atoms with Crippen molar-refractivity contribution in [2.24, 2.45) is 11.3 Å². The fourth-order valence-electron chi connectivity index (χ4n) is 4.57. The van der Waals surface area contributed by atoms with E-state index in [0.29, 0.717) is 18.6 Å². The van der Waals surface area contributed by atoms with Gasteiger partial charge in [-0.05, 0) is 33.1 Å². The maximum atomic E-state index is 12.3. The number of aryl methyl sites for hydroxylation is 2. The second kappa shape index (κ2) is 4.98. The Morgan fingerprint density at radius 3 is 2.86 bits per heavy atom. The third-order valence-electron chi connectivity index (χ3n) is 5.93. The number of carbonyl (C=O) groups is 1. The zero-order valence-electron chi connectivity index (χ0n) is 13.1.